The normalized spacial score (nSPS) is 17.8. The predicted octanol–water partition coefficient (Wildman–Crippen LogP) is 1.12. The standard InChI is InChI=1S/C9H15N3O/c10-7-8-6-9(13-11-8)12-4-2-1-3-5-12/h6H,1-5,7,10H2. The zero-order chi connectivity index (χ0) is 9.10. The van der Waals surface area contributed by atoms with Crippen LogP contribution in [-0.2, 0) is 6.54 Å². The zero-order valence-electron chi connectivity index (χ0n) is 7.70. The minimum atomic E-state index is 0.456. The summed E-state index contributed by atoms with van der Waals surface area (Å²) in [5, 5.41) is 3.87. The minimum absolute atomic E-state index is 0.456. The van der Waals surface area contributed by atoms with E-state index in [0.29, 0.717) is 6.54 Å². The Morgan fingerprint density at radius 2 is 2.15 bits per heavy atom. The van der Waals surface area contributed by atoms with E-state index >= 15 is 0 Å². The van der Waals surface area contributed by atoms with Crippen molar-refractivity contribution in [1.29, 1.82) is 0 Å². The van der Waals surface area contributed by atoms with E-state index < -0.39 is 0 Å². The Morgan fingerprint density at radius 3 is 2.77 bits per heavy atom. The second-order valence-corrected chi connectivity index (χ2v) is 3.41. The lowest BCUT2D eigenvalue weighted by atomic mass is 10.1. The summed E-state index contributed by atoms with van der Waals surface area (Å²) in [7, 11) is 0. The van der Waals surface area contributed by atoms with Crippen molar-refractivity contribution in [1.82, 2.24) is 5.16 Å². The van der Waals surface area contributed by atoms with Crippen LogP contribution >= 0.6 is 0 Å². The largest absolute Gasteiger partial charge is 0.341 e. The van der Waals surface area contributed by atoms with Crippen LogP contribution in [0.5, 0.6) is 0 Å². The van der Waals surface area contributed by atoms with E-state index in [4.69, 9.17) is 10.3 Å². The summed E-state index contributed by atoms with van der Waals surface area (Å²) in [4.78, 5) is 2.23. The van der Waals surface area contributed by atoms with Gasteiger partial charge in [-0.05, 0) is 19.3 Å². The van der Waals surface area contributed by atoms with Crippen LogP contribution in [0.15, 0.2) is 10.6 Å². The Labute approximate surface area is 77.7 Å². The van der Waals surface area contributed by atoms with Crippen molar-refractivity contribution in [2.45, 2.75) is 25.8 Å². The maximum absolute atomic E-state index is 5.45. The smallest absolute Gasteiger partial charge is 0.227 e. The van der Waals surface area contributed by atoms with Crippen LogP contribution < -0.4 is 10.6 Å². The molecule has 0 radical (unpaired) electrons. The van der Waals surface area contributed by atoms with Gasteiger partial charge in [-0.1, -0.05) is 5.16 Å². The Balaban J connectivity index is 2.05. The molecule has 72 valence electrons. The lowest BCUT2D eigenvalue weighted by Gasteiger charge is -2.25. The number of piperidine rings is 1. The van der Waals surface area contributed by atoms with E-state index in [2.05, 4.69) is 10.1 Å². The van der Waals surface area contributed by atoms with Crippen molar-refractivity contribution in [3.05, 3.63) is 11.8 Å². The van der Waals surface area contributed by atoms with Crippen molar-refractivity contribution >= 4 is 5.88 Å². The molecule has 4 heteroatoms. The van der Waals surface area contributed by atoms with E-state index in [-0.39, 0.29) is 0 Å². The van der Waals surface area contributed by atoms with Crippen LogP contribution in [0.3, 0.4) is 0 Å². The first-order valence-electron chi connectivity index (χ1n) is 4.81. The molecule has 2 heterocycles. The lowest BCUT2D eigenvalue weighted by molar-refractivity contribution is 0.399. The molecular formula is C9H15N3O. The third kappa shape index (κ3) is 1.83. The Kier molecular flexibility index (Phi) is 2.49. The molecule has 1 aromatic rings. The van der Waals surface area contributed by atoms with Gasteiger partial charge in [0.1, 0.15) is 0 Å². The van der Waals surface area contributed by atoms with Gasteiger partial charge in [-0.15, -0.1) is 0 Å². The molecule has 1 saturated heterocycles. The molecule has 0 spiro atoms. The van der Waals surface area contributed by atoms with Gasteiger partial charge in [0, 0.05) is 25.7 Å². The molecule has 2 N–H and O–H groups in total. The summed E-state index contributed by atoms with van der Waals surface area (Å²) >= 11 is 0. The Hall–Kier alpha value is -1.03. The SMILES string of the molecule is NCc1cc(N2CCCCC2)on1. The summed E-state index contributed by atoms with van der Waals surface area (Å²) in [5.41, 5.74) is 6.29. The van der Waals surface area contributed by atoms with Crippen molar-refractivity contribution < 1.29 is 4.52 Å². The second-order valence-electron chi connectivity index (χ2n) is 3.41. The molecule has 0 amide bonds. The van der Waals surface area contributed by atoms with Gasteiger partial charge < -0.3 is 15.2 Å². The highest BCUT2D eigenvalue weighted by Crippen LogP contribution is 2.20. The van der Waals surface area contributed by atoms with Crippen molar-refractivity contribution in [3.63, 3.8) is 0 Å². The number of aromatic nitrogens is 1. The summed E-state index contributed by atoms with van der Waals surface area (Å²) in [5.74, 6) is 0.875. The fourth-order valence-electron chi connectivity index (χ4n) is 1.66. The molecule has 2 rings (SSSR count). The molecule has 0 aliphatic carbocycles. The third-order valence-electron chi connectivity index (χ3n) is 2.42. The highest BCUT2D eigenvalue weighted by Gasteiger charge is 2.14. The van der Waals surface area contributed by atoms with E-state index in [1.807, 2.05) is 6.07 Å². The molecule has 0 bridgehead atoms. The number of nitrogens with zero attached hydrogens (tertiary/aromatic N) is 2. The van der Waals surface area contributed by atoms with E-state index in [0.717, 1.165) is 24.7 Å². The molecular weight excluding hydrogens is 166 g/mol. The van der Waals surface area contributed by atoms with E-state index in [9.17, 15) is 0 Å². The first-order valence-corrected chi connectivity index (χ1v) is 4.81. The van der Waals surface area contributed by atoms with Gasteiger partial charge in [-0.25, -0.2) is 0 Å². The highest BCUT2D eigenvalue weighted by atomic mass is 16.5. The predicted molar refractivity (Wildman–Crippen MR) is 50.5 cm³/mol. The number of nitrogens with two attached hydrogens (primary N) is 1. The number of anilines is 1. The molecule has 1 fully saturated rings. The minimum Gasteiger partial charge on any atom is -0.341 e. The van der Waals surface area contributed by atoms with E-state index in [1.165, 1.54) is 19.3 Å². The second kappa shape index (κ2) is 3.79. The summed E-state index contributed by atoms with van der Waals surface area (Å²) in [6.07, 6.45) is 3.83. The number of hydrogen-bond donors (Lipinski definition) is 1. The van der Waals surface area contributed by atoms with Crippen LogP contribution in [0.1, 0.15) is 25.0 Å². The Morgan fingerprint density at radius 1 is 1.38 bits per heavy atom. The van der Waals surface area contributed by atoms with Crippen LogP contribution in [0.2, 0.25) is 0 Å². The van der Waals surface area contributed by atoms with E-state index in [1.54, 1.807) is 0 Å². The maximum atomic E-state index is 5.45. The van der Waals surface area contributed by atoms with Gasteiger partial charge in [0.05, 0.1) is 5.69 Å². The monoisotopic (exact) mass is 181 g/mol. The number of rotatable bonds is 2. The fourth-order valence-corrected chi connectivity index (χ4v) is 1.66. The molecule has 0 saturated carbocycles. The quantitative estimate of drug-likeness (QED) is 0.743. The first-order chi connectivity index (χ1) is 6.40. The molecule has 1 aliphatic heterocycles. The lowest BCUT2D eigenvalue weighted by Crippen LogP contribution is -2.28. The summed E-state index contributed by atoms with van der Waals surface area (Å²) in [6.45, 7) is 2.62. The third-order valence-corrected chi connectivity index (χ3v) is 2.42. The van der Waals surface area contributed by atoms with Crippen molar-refractivity contribution in [2.24, 2.45) is 5.73 Å². The molecule has 1 aromatic heterocycles. The first kappa shape index (κ1) is 8.56. The Bertz CT molecular complexity index is 266. The van der Waals surface area contributed by atoms with Gasteiger partial charge >= 0.3 is 0 Å². The molecule has 0 aromatic carbocycles. The average molecular weight is 181 g/mol. The van der Waals surface area contributed by atoms with Gasteiger partial charge in [0.2, 0.25) is 5.88 Å². The van der Waals surface area contributed by atoms with Gasteiger partial charge in [0.15, 0.2) is 0 Å². The fraction of sp³-hybridized carbons (Fsp3) is 0.667. The summed E-state index contributed by atoms with van der Waals surface area (Å²) < 4.78 is 5.19. The molecule has 1 aliphatic rings. The van der Waals surface area contributed by atoms with Crippen LogP contribution in [0, 0.1) is 0 Å². The average Bonchev–Trinajstić information content (AvgIpc) is 2.67. The molecule has 4 nitrogen and oxygen atoms in total. The van der Waals surface area contributed by atoms with Crippen molar-refractivity contribution in [2.75, 3.05) is 18.0 Å². The highest BCUT2D eigenvalue weighted by molar-refractivity contribution is 5.36. The zero-order valence-corrected chi connectivity index (χ0v) is 7.70. The topological polar surface area (TPSA) is 55.3 Å². The van der Waals surface area contributed by atoms with Gasteiger partial charge in [-0.3, -0.25) is 0 Å². The van der Waals surface area contributed by atoms with Crippen LogP contribution in [0.25, 0.3) is 0 Å². The van der Waals surface area contributed by atoms with Gasteiger partial charge in [0.25, 0.3) is 0 Å². The molecule has 0 atom stereocenters. The van der Waals surface area contributed by atoms with Gasteiger partial charge in [-0.2, -0.15) is 0 Å². The maximum Gasteiger partial charge on any atom is 0.227 e. The summed E-state index contributed by atoms with van der Waals surface area (Å²) in [6, 6.07) is 1.94. The number of hydrogen-bond acceptors (Lipinski definition) is 4. The van der Waals surface area contributed by atoms with Crippen LogP contribution in [-0.4, -0.2) is 18.2 Å². The molecule has 13 heavy (non-hydrogen) atoms. The van der Waals surface area contributed by atoms with Crippen LogP contribution in [0.4, 0.5) is 5.88 Å². The van der Waals surface area contributed by atoms with Crippen molar-refractivity contribution in [3.8, 4) is 0 Å². The molecule has 0 unspecified atom stereocenters.